The highest BCUT2D eigenvalue weighted by atomic mass is 16.5. The number of hydrogen-bond donors (Lipinski definition) is 0. The number of rotatable bonds is 3. The first kappa shape index (κ1) is 17.3. The van der Waals surface area contributed by atoms with Crippen molar-refractivity contribution in [3.05, 3.63) is 29.8 Å². The Hall–Kier alpha value is -1.55. The monoisotopic (exact) mass is 331 g/mol. The minimum absolute atomic E-state index is 0.0758. The van der Waals surface area contributed by atoms with Crippen LogP contribution in [-0.4, -0.2) is 42.7 Å². The molecule has 0 saturated carbocycles. The van der Waals surface area contributed by atoms with Crippen molar-refractivity contribution in [2.75, 3.05) is 14.2 Å². The molecule has 0 aromatic heterocycles. The lowest BCUT2D eigenvalue weighted by atomic mass is 9.76. The number of esters is 1. The minimum atomic E-state index is -0.206. The topological polar surface area (TPSA) is 38.8 Å². The first-order valence-corrected chi connectivity index (χ1v) is 8.89. The zero-order chi connectivity index (χ0) is 17.5. The van der Waals surface area contributed by atoms with Gasteiger partial charge in [0, 0.05) is 18.0 Å². The zero-order valence-electron chi connectivity index (χ0n) is 15.4. The van der Waals surface area contributed by atoms with E-state index in [9.17, 15) is 4.79 Å². The summed E-state index contributed by atoms with van der Waals surface area (Å²) in [5.74, 6) is 0.951. The van der Waals surface area contributed by atoms with Crippen molar-refractivity contribution in [3.63, 3.8) is 0 Å². The molecule has 2 fully saturated rings. The predicted octanol–water partition coefficient (Wildman–Crippen LogP) is 3.60. The Morgan fingerprint density at radius 2 is 1.83 bits per heavy atom. The zero-order valence-corrected chi connectivity index (χ0v) is 15.4. The fourth-order valence-corrected chi connectivity index (χ4v) is 4.40. The predicted molar refractivity (Wildman–Crippen MR) is 94.3 cm³/mol. The van der Waals surface area contributed by atoms with E-state index in [1.54, 1.807) is 0 Å². The second kappa shape index (κ2) is 6.40. The van der Waals surface area contributed by atoms with Crippen molar-refractivity contribution >= 4 is 5.97 Å². The van der Waals surface area contributed by atoms with Crippen LogP contribution in [0.4, 0.5) is 0 Å². The van der Waals surface area contributed by atoms with Gasteiger partial charge >= 0.3 is 5.97 Å². The van der Waals surface area contributed by atoms with E-state index >= 15 is 0 Å². The quantitative estimate of drug-likeness (QED) is 0.793. The highest BCUT2D eigenvalue weighted by molar-refractivity contribution is 5.75. The number of carbonyl (C=O) groups excluding carboxylic acids is 1. The van der Waals surface area contributed by atoms with Crippen molar-refractivity contribution in [2.24, 2.45) is 5.92 Å². The van der Waals surface area contributed by atoms with Gasteiger partial charge in [-0.05, 0) is 64.8 Å². The van der Waals surface area contributed by atoms with Gasteiger partial charge in [-0.2, -0.15) is 0 Å². The maximum atomic E-state index is 12.5. The molecule has 2 heterocycles. The third-order valence-corrected chi connectivity index (χ3v) is 5.47. The Labute approximate surface area is 145 Å². The Morgan fingerprint density at radius 1 is 1.17 bits per heavy atom. The lowest BCUT2D eigenvalue weighted by Gasteiger charge is -2.41. The van der Waals surface area contributed by atoms with Gasteiger partial charge in [0.05, 0.1) is 13.0 Å². The average molecular weight is 331 g/mol. The van der Waals surface area contributed by atoms with Crippen LogP contribution in [-0.2, 0) is 9.53 Å². The summed E-state index contributed by atoms with van der Waals surface area (Å²) in [5.41, 5.74) is 1.01. The smallest absolute Gasteiger partial charge is 0.310 e. The number of hydrogen-bond acceptors (Lipinski definition) is 4. The Bertz CT molecular complexity index is 590. The lowest BCUT2D eigenvalue weighted by Crippen LogP contribution is -2.49. The molecule has 0 unspecified atom stereocenters. The normalized spacial score (nSPS) is 30.2. The molecule has 1 aromatic carbocycles. The first-order valence-electron chi connectivity index (χ1n) is 8.89. The number of fused-ring (bicyclic) bond motifs is 2. The van der Waals surface area contributed by atoms with Gasteiger partial charge in [-0.1, -0.05) is 12.1 Å². The molecule has 24 heavy (non-hydrogen) atoms. The van der Waals surface area contributed by atoms with Gasteiger partial charge in [0.15, 0.2) is 0 Å². The molecular weight excluding hydrogens is 302 g/mol. The molecule has 0 aliphatic carbocycles. The highest BCUT2D eigenvalue weighted by Gasteiger charge is 2.49. The van der Waals surface area contributed by atoms with Gasteiger partial charge in [0.25, 0.3) is 0 Å². The number of benzene rings is 1. The van der Waals surface area contributed by atoms with Gasteiger partial charge in [0.1, 0.15) is 11.4 Å². The molecule has 2 saturated heterocycles. The van der Waals surface area contributed by atoms with Crippen LogP contribution in [0, 0.1) is 5.92 Å². The number of carbonyl (C=O) groups is 1. The summed E-state index contributed by atoms with van der Waals surface area (Å²) in [4.78, 5) is 14.8. The van der Waals surface area contributed by atoms with Gasteiger partial charge in [0.2, 0.25) is 0 Å². The van der Waals surface area contributed by atoms with E-state index in [1.807, 2.05) is 32.9 Å². The Balaban J connectivity index is 1.85. The summed E-state index contributed by atoms with van der Waals surface area (Å²) >= 11 is 0. The number of ether oxygens (including phenoxy) is 2. The molecule has 0 radical (unpaired) electrons. The van der Waals surface area contributed by atoms with Crippen LogP contribution in [0.3, 0.4) is 0 Å². The summed E-state index contributed by atoms with van der Waals surface area (Å²) in [5, 5.41) is 0. The van der Waals surface area contributed by atoms with Gasteiger partial charge in [-0.15, -0.1) is 0 Å². The SMILES string of the molecule is COC(=O)[C@@H]1[C@H](c2ccc(OC(C)(C)C)cc2)C[C@H]2CC[C@@H]1N2C. The van der Waals surface area contributed by atoms with Crippen LogP contribution in [0.2, 0.25) is 0 Å². The fraction of sp³-hybridized carbons (Fsp3) is 0.650. The van der Waals surface area contributed by atoms with Crippen LogP contribution in [0.5, 0.6) is 5.75 Å². The fourth-order valence-electron chi connectivity index (χ4n) is 4.40. The molecule has 2 aliphatic rings. The van der Waals surface area contributed by atoms with Crippen LogP contribution in [0.15, 0.2) is 24.3 Å². The molecule has 3 rings (SSSR count). The van der Waals surface area contributed by atoms with Crippen molar-refractivity contribution < 1.29 is 14.3 Å². The van der Waals surface area contributed by atoms with E-state index in [4.69, 9.17) is 9.47 Å². The molecule has 4 atom stereocenters. The standard InChI is InChI=1S/C20H29NO3/c1-20(2,3)24-15-9-6-13(7-10-15)16-12-14-8-11-17(21(14)4)18(16)19(22)23-5/h6-7,9-10,14,16-18H,8,11-12H2,1-5H3/t14-,16+,17+,18-/m1/s1. The van der Waals surface area contributed by atoms with E-state index in [0.29, 0.717) is 12.1 Å². The molecule has 0 amide bonds. The van der Waals surface area contributed by atoms with Crippen LogP contribution >= 0.6 is 0 Å². The summed E-state index contributed by atoms with van der Waals surface area (Å²) in [6, 6.07) is 9.15. The molecule has 0 N–H and O–H groups in total. The number of methoxy groups -OCH3 is 1. The van der Waals surface area contributed by atoms with Crippen molar-refractivity contribution in [3.8, 4) is 5.75 Å². The molecule has 132 valence electrons. The van der Waals surface area contributed by atoms with Crippen molar-refractivity contribution in [2.45, 2.75) is 63.6 Å². The van der Waals surface area contributed by atoms with E-state index in [-0.39, 0.29) is 23.4 Å². The van der Waals surface area contributed by atoms with Crippen LogP contribution < -0.4 is 4.74 Å². The maximum Gasteiger partial charge on any atom is 0.310 e. The summed E-state index contributed by atoms with van der Waals surface area (Å²) in [6.45, 7) is 6.13. The van der Waals surface area contributed by atoms with Gasteiger partial charge in [-0.25, -0.2) is 0 Å². The van der Waals surface area contributed by atoms with E-state index in [1.165, 1.54) is 19.1 Å². The van der Waals surface area contributed by atoms with Crippen LogP contribution in [0.1, 0.15) is 51.5 Å². The van der Waals surface area contributed by atoms with E-state index < -0.39 is 0 Å². The third kappa shape index (κ3) is 3.30. The largest absolute Gasteiger partial charge is 0.488 e. The molecule has 4 nitrogen and oxygen atoms in total. The Morgan fingerprint density at radius 3 is 2.42 bits per heavy atom. The van der Waals surface area contributed by atoms with Gasteiger partial charge < -0.3 is 9.47 Å². The summed E-state index contributed by atoms with van der Waals surface area (Å²) < 4.78 is 11.1. The molecular formula is C20H29NO3. The first-order chi connectivity index (χ1) is 11.3. The summed E-state index contributed by atoms with van der Waals surface area (Å²) in [6.07, 6.45) is 3.28. The molecule has 4 heteroatoms. The minimum Gasteiger partial charge on any atom is -0.488 e. The highest BCUT2D eigenvalue weighted by Crippen LogP contribution is 2.46. The lowest BCUT2D eigenvalue weighted by molar-refractivity contribution is -0.150. The van der Waals surface area contributed by atoms with Crippen LogP contribution in [0.25, 0.3) is 0 Å². The van der Waals surface area contributed by atoms with E-state index in [0.717, 1.165) is 18.6 Å². The second-order valence-corrected chi connectivity index (χ2v) is 8.14. The molecule has 1 aromatic rings. The summed E-state index contributed by atoms with van der Waals surface area (Å²) in [7, 11) is 3.65. The maximum absolute atomic E-state index is 12.5. The Kier molecular flexibility index (Phi) is 4.60. The molecule has 2 bridgehead atoms. The van der Waals surface area contributed by atoms with Crippen molar-refractivity contribution in [1.82, 2.24) is 4.90 Å². The third-order valence-electron chi connectivity index (χ3n) is 5.47. The average Bonchev–Trinajstić information content (AvgIpc) is 2.76. The molecule has 0 spiro atoms. The van der Waals surface area contributed by atoms with Crippen molar-refractivity contribution in [1.29, 1.82) is 0 Å². The van der Waals surface area contributed by atoms with Gasteiger partial charge in [-0.3, -0.25) is 9.69 Å². The molecule has 2 aliphatic heterocycles. The number of nitrogens with zero attached hydrogens (tertiary/aromatic N) is 1. The second-order valence-electron chi connectivity index (χ2n) is 8.14. The number of piperidine rings is 1. The van der Waals surface area contributed by atoms with E-state index in [2.05, 4.69) is 24.1 Å².